The second-order valence-corrected chi connectivity index (χ2v) is 37.9. The zero-order valence-electron chi connectivity index (χ0n) is 77.4. The first-order chi connectivity index (χ1) is 67.8. The number of aromatic carboxylic acids is 1. The number of rotatable bonds is 18. The third-order valence-electron chi connectivity index (χ3n) is 25.0. The van der Waals surface area contributed by atoms with Crippen molar-refractivity contribution in [1.29, 1.82) is 0 Å². The normalized spacial score (nSPS) is 18.2. The molecule has 142 heavy (non-hydrogen) atoms. The molecule has 5 N–H and O–H groups in total. The van der Waals surface area contributed by atoms with Crippen molar-refractivity contribution in [2.45, 2.75) is 172 Å². The van der Waals surface area contributed by atoms with Crippen molar-refractivity contribution in [3.8, 4) is 34.0 Å². The van der Waals surface area contributed by atoms with E-state index < -0.39 is 47.4 Å². The van der Waals surface area contributed by atoms with Crippen LogP contribution in [0.5, 0.6) is 11.8 Å². The number of ketones is 2. The minimum Gasteiger partial charge on any atom is -0.478 e. The van der Waals surface area contributed by atoms with Crippen molar-refractivity contribution < 1.29 is 112 Å². The fourth-order valence-electron chi connectivity index (χ4n) is 17.5. The van der Waals surface area contributed by atoms with Gasteiger partial charge in [-0.3, -0.25) is 54.1 Å². The number of morpholine rings is 2. The Morgan fingerprint density at radius 2 is 0.859 bits per heavy atom. The number of carboxylic acid groups (broad SMARTS) is 1. The van der Waals surface area contributed by atoms with Crippen molar-refractivity contribution in [2.75, 3.05) is 106 Å². The van der Waals surface area contributed by atoms with E-state index in [1.165, 1.54) is 61.5 Å². The number of carboxylic acids is 1. The molecular formula is C102H100Br3F10N13O14. The van der Waals surface area contributed by atoms with Crippen LogP contribution in [0.4, 0.5) is 66.9 Å². The zero-order valence-corrected chi connectivity index (χ0v) is 82.1. The number of aliphatic hydroxyl groups excluding tert-OH is 2. The second kappa shape index (κ2) is 45.9. The molecule has 40 heteroatoms. The first-order valence-electron chi connectivity index (χ1n) is 46.2. The number of ether oxygens (including phenoxy) is 6. The number of aromatic nitrogens is 9. The molecule has 21 rings (SSSR count). The number of amides is 2. The van der Waals surface area contributed by atoms with Gasteiger partial charge < -0.3 is 64.2 Å². The van der Waals surface area contributed by atoms with E-state index in [2.05, 4.69) is 108 Å². The quantitative estimate of drug-likeness (QED) is 0.0303. The number of carbonyl (C=O) groups excluding carboxylic acids is 4. The highest BCUT2D eigenvalue weighted by molar-refractivity contribution is 9.11. The molecule has 2 aromatic carbocycles. The van der Waals surface area contributed by atoms with Crippen LogP contribution in [0.3, 0.4) is 0 Å². The topological polar surface area (TPSA) is 348 Å². The van der Waals surface area contributed by atoms with Crippen LogP contribution in [-0.2, 0) is 93.5 Å². The van der Waals surface area contributed by atoms with E-state index in [0.29, 0.717) is 147 Å². The first kappa shape index (κ1) is 105. The number of carbonyl (C=O) groups is 5. The number of alkyl halides is 10. The molecule has 2 unspecified atom stereocenters. The molecule has 3 aliphatic heterocycles. The number of anilines is 4. The third kappa shape index (κ3) is 26.1. The van der Waals surface area contributed by atoms with Crippen LogP contribution in [0, 0.1) is 13.8 Å². The summed E-state index contributed by atoms with van der Waals surface area (Å²) in [7, 11) is 0. The van der Waals surface area contributed by atoms with Gasteiger partial charge >= 0.3 is 5.97 Å². The molecule has 0 bridgehead atoms. The van der Waals surface area contributed by atoms with Crippen LogP contribution in [0.15, 0.2) is 160 Å². The Hall–Kier alpha value is -11.8. The molecule has 12 heterocycles. The van der Waals surface area contributed by atoms with Crippen molar-refractivity contribution in [3.63, 3.8) is 0 Å². The Labute approximate surface area is 835 Å². The van der Waals surface area contributed by atoms with E-state index in [0.717, 1.165) is 121 Å². The highest BCUT2D eigenvalue weighted by atomic mass is 79.9. The Morgan fingerprint density at radius 1 is 0.451 bits per heavy atom. The number of aliphatic hydroxyl groups is 2. The van der Waals surface area contributed by atoms with Gasteiger partial charge in [-0.05, 0) is 290 Å². The van der Waals surface area contributed by atoms with Crippen LogP contribution in [0.2, 0.25) is 0 Å². The predicted molar refractivity (Wildman–Crippen MR) is 515 cm³/mol. The fourth-order valence-corrected chi connectivity index (χ4v) is 18.7. The number of nitrogens with zero attached hydrogens (tertiary/aromatic N) is 11. The number of benzene rings is 2. The van der Waals surface area contributed by atoms with E-state index >= 15 is 0 Å². The molecule has 748 valence electrons. The molecule has 11 aromatic rings. The standard InChI is InChI=1S/C32H36F2N4O5.C27H28F2N4O4.C10H9F2NO.C9H7F2NO2.C8H6BrF2N.C8H8BrNO.C8H6BrNO/c1-21-5-6-25(36-31(39)24-16-22-7-8-32(33,34)30(22)35-20-24)19-26(21)23-17-27(38-9-12-40-13-10-38)37-28(18-23)41-14-15-43-29-4-2-3-11-42-29;1-17-2-3-21(31-26(35)20-12-18-4-5-27(28,29)25(18)30-16-20)15-22(17)19-13-23(33-6-9-36-10-7-33)32-24(14-19)37-11-8-34;1-6(14)8-4-7-2-3-10(11,12)9(7)13-5-8;10-9(11)2-1-5-3-6(8(13)14)4-12-7(5)9;9-6-3-5-1-2-8(10,11)7(5)12-4-6;2*9-6-3-5-1-2-7(11)8(5)10-4-6/h5-6,16-20,29H,2-4,7-15H2,1H3,(H,36,39);2-3,12-16,34H,4-11H2,1H3,(H,31,35);4-5H,2-3H2,1H3;3-4H,1-2H2,(H,13,14);3-4H,1-2H2;3-4,7,11H,1-2H2;3-4H,1-2H2. The molecule has 0 spiro atoms. The lowest BCUT2D eigenvalue weighted by atomic mass is 10.00. The highest BCUT2D eigenvalue weighted by Gasteiger charge is 2.46. The number of fused-ring (bicyclic) bond motifs is 7. The summed E-state index contributed by atoms with van der Waals surface area (Å²) in [6.07, 6.45) is 15.3. The van der Waals surface area contributed by atoms with Gasteiger partial charge in [0.05, 0.1) is 68.1 Å². The average molecular weight is 2160 g/mol. The molecule has 2 atom stereocenters. The molecule has 10 aliphatic rings. The SMILES string of the molecule is CC(=O)c1cnc2c(c1)CCC2(F)F.Cc1ccc(NC(=O)c2cnc3c(c2)CCC3(F)F)cc1-c1cc(OCCO)nc(N2CCOCC2)c1.Cc1ccc(NC(=O)c2cnc3c(c2)CCC3(F)F)cc1-c1cc(OCCOC2CCCCO2)nc(N2CCOCC2)c1.FC1(F)CCc2cc(Br)cnc21.O=C(O)c1cnc2c(c1)CCC2(F)F.O=C1CCc2cc(Br)cnc21.OC1CCc2cc(Br)cnc21. The van der Waals surface area contributed by atoms with Gasteiger partial charge in [-0.25, -0.2) is 4.79 Å². The fraction of sp³-hybridized carbons (Fsp3) is 0.392. The number of nitrogens with one attached hydrogen (secondary N) is 2. The first-order valence-corrected chi connectivity index (χ1v) is 48.6. The van der Waals surface area contributed by atoms with Gasteiger partial charge in [-0.1, -0.05) is 12.1 Å². The zero-order chi connectivity index (χ0) is 101. The summed E-state index contributed by atoms with van der Waals surface area (Å²) in [5.41, 5.74) is 12.6. The van der Waals surface area contributed by atoms with Gasteiger partial charge in [0.15, 0.2) is 17.9 Å². The molecule has 9 aromatic heterocycles. The summed E-state index contributed by atoms with van der Waals surface area (Å²) in [6, 6.07) is 30.4. The summed E-state index contributed by atoms with van der Waals surface area (Å²) >= 11 is 9.85. The number of Topliss-reactive ketones (excluding diaryl/α,β-unsaturated/α-hetero) is 2. The van der Waals surface area contributed by atoms with E-state index in [-0.39, 0.29) is 134 Å². The summed E-state index contributed by atoms with van der Waals surface area (Å²) in [6.45, 7) is 12.1. The van der Waals surface area contributed by atoms with Crippen LogP contribution in [0.25, 0.3) is 22.3 Å². The van der Waals surface area contributed by atoms with Crippen LogP contribution < -0.4 is 29.9 Å². The molecular weight excluding hydrogens is 2060 g/mol. The Balaban J connectivity index is 0.000000136. The van der Waals surface area contributed by atoms with Gasteiger partial charge in [0.25, 0.3) is 41.4 Å². The molecule has 3 fully saturated rings. The van der Waals surface area contributed by atoms with Gasteiger partial charge in [-0.15, -0.1) is 0 Å². The number of hydrogen-bond acceptors (Lipinski definition) is 24. The molecule has 0 radical (unpaired) electrons. The lowest BCUT2D eigenvalue weighted by molar-refractivity contribution is -0.165. The minimum absolute atomic E-state index is 0.0403. The summed E-state index contributed by atoms with van der Waals surface area (Å²) < 4.78 is 171. The van der Waals surface area contributed by atoms with Gasteiger partial charge in [-0.2, -0.15) is 53.9 Å². The van der Waals surface area contributed by atoms with Crippen molar-refractivity contribution >= 4 is 100 Å². The maximum Gasteiger partial charge on any atom is 0.337 e. The number of hydrogen-bond donors (Lipinski definition) is 5. The van der Waals surface area contributed by atoms with Crippen LogP contribution in [-0.4, -0.2) is 181 Å². The van der Waals surface area contributed by atoms with Crippen LogP contribution in [0.1, 0.15) is 213 Å². The monoisotopic (exact) mass is 2160 g/mol. The Morgan fingerprint density at radius 3 is 1.31 bits per heavy atom. The van der Waals surface area contributed by atoms with E-state index in [1.54, 1.807) is 30.6 Å². The minimum atomic E-state index is -2.94. The average Bonchev–Trinajstić information content (AvgIpc) is 1.09. The third-order valence-corrected chi connectivity index (χ3v) is 26.3. The number of halogens is 13. The van der Waals surface area contributed by atoms with Gasteiger partial charge in [0, 0.05) is 157 Å². The summed E-state index contributed by atoms with van der Waals surface area (Å²) in [5, 5.41) is 33.0. The molecule has 7 aliphatic carbocycles. The number of aryl methyl sites for hydroxylation is 9. The van der Waals surface area contributed by atoms with E-state index in [9.17, 15) is 78.1 Å². The maximum absolute atomic E-state index is 14.0. The largest absolute Gasteiger partial charge is 0.478 e. The lowest BCUT2D eigenvalue weighted by Crippen LogP contribution is -2.36. The number of pyridine rings is 9. The summed E-state index contributed by atoms with van der Waals surface area (Å²) in [4.78, 5) is 99.1. The second-order valence-electron chi connectivity index (χ2n) is 35.2. The smallest absolute Gasteiger partial charge is 0.337 e. The molecule has 2 amide bonds. The van der Waals surface area contributed by atoms with Crippen molar-refractivity contribution in [3.05, 3.63) is 272 Å². The summed E-state index contributed by atoms with van der Waals surface area (Å²) in [5.74, 6) is -13.9. The maximum atomic E-state index is 14.0. The van der Waals surface area contributed by atoms with Crippen LogP contribution >= 0.6 is 47.8 Å². The van der Waals surface area contributed by atoms with Crippen molar-refractivity contribution in [1.82, 2.24) is 44.9 Å². The predicted octanol–water partition coefficient (Wildman–Crippen LogP) is 20.3. The van der Waals surface area contributed by atoms with E-state index in [1.807, 2.05) is 74.5 Å². The molecule has 0 saturated carbocycles. The van der Waals surface area contributed by atoms with Crippen molar-refractivity contribution in [2.24, 2.45) is 0 Å². The van der Waals surface area contributed by atoms with Gasteiger partial charge in [0.1, 0.15) is 59.0 Å². The lowest BCUT2D eigenvalue weighted by Gasteiger charge is -2.28. The highest BCUT2D eigenvalue weighted by Crippen LogP contribution is 2.47. The molecule has 3 saturated heterocycles. The molecule has 27 nitrogen and oxygen atoms in total. The Bertz CT molecular complexity index is 6420. The Kier molecular flexibility index (Phi) is 33.8. The van der Waals surface area contributed by atoms with E-state index in [4.69, 9.17) is 38.5 Å². The van der Waals surface area contributed by atoms with Gasteiger partial charge in [0.2, 0.25) is 11.8 Å².